The Bertz CT molecular complexity index is 1040. The van der Waals surface area contributed by atoms with E-state index in [1.807, 2.05) is 19.1 Å². The minimum atomic E-state index is -3.87. The SMILES string of the molecule is Cc1cccc2c(-c3cccc(S(N)(=O)=O)c3)c(C(=O)O)[nH]c12. The predicted molar refractivity (Wildman–Crippen MR) is 86.8 cm³/mol. The Labute approximate surface area is 132 Å². The second-order valence-corrected chi connectivity index (χ2v) is 6.81. The maximum absolute atomic E-state index is 11.6. The van der Waals surface area contributed by atoms with Crippen LogP contribution in [0.3, 0.4) is 0 Å². The molecule has 0 aliphatic rings. The van der Waals surface area contributed by atoms with E-state index in [-0.39, 0.29) is 10.6 Å². The second-order valence-electron chi connectivity index (χ2n) is 5.25. The van der Waals surface area contributed by atoms with Gasteiger partial charge in [-0.15, -0.1) is 0 Å². The highest BCUT2D eigenvalue weighted by Gasteiger charge is 2.20. The molecule has 0 bridgehead atoms. The third-order valence-electron chi connectivity index (χ3n) is 3.71. The van der Waals surface area contributed by atoms with Gasteiger partial charge in [-0.05, 0) is 30.2 Å². The van der Waals surface area contributed by atoms with Crippen LogP contribution in [-0.2, 0) is 10.0 Å². The molecule has 0 unspecified atom stereocenters. The molecule has 1 aromatic heterocycles. The summed E-state index contributed by atoms with van der Waals surface area (Å²) >= 11 is 0. The van der Waals surface area contributed by atoms with Crippen LogP contribution in [-0.4, -0.2) is 24.5 Å². The number of fused-ring (bicyclic) bond motifs is 1. The Kier molecular flexibility index (Phi) is 3.46. The normalized spacial score (nSPS) is 11.7. The van der Waals surface area contributed by atoms with Crippen molar-refractivity contribution in [3.05, 3.63) is 53.7 Å². The van der Waals surface area contributed by atoms with Crippen LogP contribution in [0.15, 0.2) is 47.4 Å². The number of carboxylic acid groups (broad SMARTS) is 1. The molecule has 3 aromatic rings. The third-order valence-corrected chi connectivity index (χ3v) is 4.62. The number of aromatic nitrogens is 1. The molecular weight excluding hydrogens is 316 g/mol. The average Bonchev–Trinajstić information content (AvgIpc) is 2.88. The maximum Gasteiger partial charge on any atom is 0.352 e. The van der Waals surface area contributed by atoms with Crippen molar-refractivity contribution in [1.82, 2.24) is 4.98 Å². The number of benzene rings is 2. The van der Waals surface area contributed by atoms with Crippen molar-refractivity contribution in [3.63, 3.8) is 0 Å². The van der Waals surface area contributed by atoms with Gasteiger partial charge in [-0.2, -0.15) is 0 Å². The van der Waals surface area contributed by atoms with Crippen molar-refractivity contribution in [3.8, 4) is 11.1 Å². The fourth-order valence-corrected chi connectivity index (χ4v) is 3.21. The van der Waals surface area contributed by atoms with Crippen molar-refractivity contribution in [2.75, 3.05) is 0 Å². The molecule has 0 aliphatic heterocycles. The van der Waals surface area contributed by atoms with Gasteiger partial charge in [-0.25, -0.2) is 18.4 Å². The molecule has 23 heavy (non-hydrogen) atoms. The van der Waals surface area contributed by atoms with Crippen molar-refractivity contribution in [1.29, 1.82) is 0 Å². The molecule has 0 saturated carbocycles. The largest absolute Gasteiger partial charge is 0.477 e. The zero-order valence-electron chi connectivity index (χ0n) is 12.2. The van der Waals surface area contributed by atoms with E-state index in [1.54, 1.807) is 12.1 Å². The van der Waals surface area contributed by atoms with E-state index in [0.29, 0.717) is 22.0 Å². The van der Waals surface area contributed by atoms with Gasteiger partial charge >= 0.3 is 5.97 Å². The topological polar surface area (TPSA) is 113 Å². The number of para-hydroxylation sites is 1. The minimum absolute atomic E-state index is 0.0147. The number of aromatic carboxylic acids is 1. The lowest BCUT2D eigenvalue weighted by Crippen LogP contribution is -2.12. The van der Waals surface area contributed by atoms with Crippen molar-refractivity contribution in [2.45, 2.75) is 11.8 Å². The van der Waals surface area contributed by atoms with Gasteiger partial charge in [0.25, 0.3) is 0 Å². The van der Waals surface area contributed by atoms with E-state index in [9.17, 15) is 18.3 Å². The van der Waals surface area contributed by atoms with E-state index < -0.39 is 16.0 Å². The van der Waals surface area contributed by atoms with Crippen LogP contribution in [0.25, 0.3) is 22.0 Å². The molecule has 6 nitrogen and oxygen atoms in total. The molecule has 4 N–H and O–H groups in total. The Morgan fingerprint density at radius 3 is 2.52 bits per heavy atom. The molecule has 118 valence electrons. The lowest BCUT2D eigenvalue weighted by Gasteiger charge is -2.05. The summed E-state index contributed by atoms with van der Waals surface area (Å²) in [5.74, 6) is -1.11. The quantitative estimate of drug-likeness (QED) is 0.684. The zero-order valence-corrected chi connectivity index (χ0v) is 13.0. The first-order valence-electron chi connectivity index (χ1n) is 6.77. The van der Waals surface area contributed by atoms with E-state index in [1.165, 1.54) is 18.2 Å². The molecule has 0 radical (unpaired) electrons. The Morgan fingerprint density at radius 1 is 1.17 bits per heavy atom. The summed E-state index contributed by atoms with van der Waals surface area (Å²) in [7, 11) is -3.87. The number of aromatic amines is 1. The predicted octanol–water partition coefficient (Wildman–Crippen LogP) is 2.49. The van der Waals surface area contributed by atoms with E-state index in [2.05, 4.69) is 4.98 Å². The second kappa shape index (κ2) is 5.22. The average molecular weight is 330 g/mol. The molecule has 1 heterocycles. The lowest BCUT2D eigenvalue weighted by atomic mass is 10.0. The van der Waals surface area contributed by atoms with Crippen LogP contribution in [0, 0.1) is 6.92 Å². The Balaban J connectivity index is 2.38. The van der Waals surface area contributed by atoms with Gasteiger partial charge in [0.15, 0.2) is 0 Å². The number of hydrogen-bond acceptors (Lipinski definition) is 3. The van der Waals surface area contributed by atoms with Gasteiger partial charge in [-0.1, -0.05) is 30.3 Å². The third kappa shape index (κ3) is 2.60. The number of primary sulfonamides is 1. The number of carbonyl (C=O) groups is 1. The molecule has 0 atom stereocenters. The minimum Gasteiger partial charge on any atom is -0.477 e. The lowest BCUT2D eigenvalue weighted by molar-refractivity contribution is 0.0692. The first-order chi connectivity index (χ1) is 10.8. The molecule has 0 amide bonds. The van der Waals surface area contributed by atoms with Gasteiger partial charge in [0.2, 0.25) is 10.0 Å². The number of nitrogens with one attached hydrogen (secondary N) is 1. The fraction of sp³-hybridized carbons (Fsp3) is 0.0625. The fourth-order valence-electron chi connectivity index (χ4n) is 2.65. The molecule has 3 rings (SSSR count). The first kappa shape index (κ1) is 15.3. The summed E-state index contributed by atoms with van der Waals surface area (Å²) in [6.45, 7) is 1.87. The summed E-state index contributed by atoms with van der Waals surface area (Å²) in [6.07, 6.45) is 0. The molecule has 2 aromatic carbocycles. The van der Waals surface area contributed by atoms with Gasteiger partial charge in [0, 0.05) is 16.5 Å². The van der Waals surface area contributed by atoms with E-state index in [0.717, 1.165) is 5.56 Å². The summed E-state index contributed by atoms with van der Waals surface area (Å²) in [5, 5.41) is 15.4. The monoisotopic (exact) mass is 330 g/mol. The summed E-state index contributed by atoms with van der Waals surface area (Å²) in [5.41, 5.74) is 2.55. The zero-order chi connectivity index (χ0) is 16.8. The molecule has 0 aliphatic carbocycles. The number of carboxylic acids is 1. The van der Waals surface area contributed by atoms with Crippen LogP contribution >= 0.6 is 0 Å². The van der Waals surface area contributed by atoms with Crippen LogP contribution in [0.2, 0.25) is 0 Å². The molecule has 7 heteroatoms. The van der Waals surface area contributed by atoms with Gasteiger partial charge in [0.1, 0.15) is 5.69 Å². The molecule has 0 spiro atoms. The number of rotatable bonds is 3. The maximum atomic E-state index is 11.6. The highest BCUT2D eigenvalue weighted by atomic mass is 32.2. The summed E-state index contributed by atoms with van der Waals surface area (Å²) in [4.78, 5) is 14.4. The first-order valence-corrected chi connectivity index (χ1v) is 8.31. The number of nitrogens with two attached hydrogens (primary N) is 1. The van der Waals surface area contributed by atoms with E-state index in [4.69, 9.17) is 5.14 Å². The van der Waals surface area contributed by atoms with Crippen LogP contribution in [0.5, 0.6) is 0 Å². The van der Waals surface area contributed by atoms with Gasteiger partial charge in [-0.3, -0.25) is 0 Å². The van der Waals surface area contributed by atoms with Crippen LogP contribution in [0.4, 0.5) is 0 Å². The standard InChI is InChI=1S/C16H14N2O4S/c1-9-4-2-7-12-13(15(16(19)20)18-14(9)12)10-5-3-6-11(8-10)23(17,21)22/h2-8,18H,1H3,(H,19,20)(H2,17,21,22). The summed E-state index contributed by atoms with van der Waals surface area (Å²) < 4.78 is 23.1. The smallest absolute Gasteiger partial charge is 0.352 e. The van der Waals surface area contributed by atoms with Crippen LogP contribution < -0.4 is 5.14 Å². The highest BCUT2D eigenvalue weighted by molar-refractivity contribution is 7.89. The van der Waals surface area contributed by atoms with Crippen molar-refractivity contribution >= 4 is 26.9 Å². The number of H-pyrrole nitrogens is 1. The Morgan fingerprint density at radius 2 is 1.87 bits per heavy atom. The number of hydrogen-bond donors (Lipinski definition) is 3. The number of sulfonamides is 1. The van der Waals surface area contributed by atoms with E-state index >= 15 is 0 Å². The number of aryl methyl sites for hydroxylation is 1. The Hall–Kier alpha value is -2.64. The summed E-state index contributed by atoms with van der Waals surface area (Å²) in [6, 6.07) is 11.4. The highest BCUT2D eigenvalue weighted by Crippen LogP contribution is 2.34. The molecule has 0 saturated heterocycles. The van der Waals surface area contributed by atoms with Gasteiger partial charge < -0.3 is 10.1 Å². The molecule has 0 fully saturated rings. The van der Waals surface area contributed by atoms with Crippen molar-refractivity contribution in [2.24, 2.45) is 5.14 Å². The van der Waals surface area contributed by atoms with Crippen molar-refractivity contribution < 1.29 is 18.3 Å². The van der Waals surface area contributed by atoms with Gasteiger partial charge in [0.05, 0.1) is 4.90 Å². The van der Waals surface area contributed by atoms with Crippen LogP contribution in [0.1, 0.15) is 16.1 Å². The molecular formula is C16H14N2O4S.